The van der Waals surface area contributed by atoms with Gasteiger partial charge in [0.2, 0.25) is 15.9 Å². The third-order valence-corrected chi connectivity index (χ3v) is 7.42. The largest absolute Gasteiger partial charge is 0.339 e. The van der Waals surface area contributed by atoms with Gasteiger partial charge in [-0.1, -0.05) is 5.16 Å². The average Bonchev–Trinajstić information content (AvgIpc) is 3.29. The van der Waals surface area contributed by atoms with E-state index < -0.39 is 10.0 Å². The zero-order chi connectivity index (χ0) is 21.5. The van der Waals surface area contributed by atoms with Gasteiger partial charge in [0.15, 0.2) is 5.82 Å². The number of likely N-dealkylation sites (tertiary alicyclic amines) is 1. The van der Waals surface area contributed by atoms with Gasteiger partial charge >= 0.3 is 0 Å². The van der Waals surface area contributed by atoms with Crippen molar-refractivity contribution in [2.24, 2.45) is 5.92 Å². The summed E-state index contributed by atoms with van der Waals surface area (Å²) < 4.78 is 32.0. The van der Waals surface area contributed by atoms with Crippen molar-refractivity contribution in [3.05, 3.63) is 29.2 Å². The molecule has 0 aromatic carbocycles. The van der Waals surface area contributed by atoms with Gasteiger partial charge in [0, 0.05) is 56.7 Å². The first-order valence-corrected chi connectivity index (χ1v) is 12.2. The highest BCUT2D eigenvalue weighted by Crippen LogP contribution is 2.28. The van der Waals surface area contributed by atoms with Crippen LogP contribution in [0.1, 0.15) is 53.5 Å². The molecule has 0 bridgehead atoms. The van der Waals surface area contributed by atoms with E-state index in [4.69, 9.17) is 4.52 Å². The fourth-order valence-corrected chi connectivity index (χ4v) is 5.09. The Kier molecular flexibility index (Phi) is 5.67. The Balaban J connectivity index is 1.28. The summed E-state index contributed by atoms with van der Waals surface area (Å²) in [5.41, 5.74) is 1.56. The molecule has 0 unspecified atom stereocenters. The Morgan fingerprint density at radius 2 is 1.97 bits per heavy atom. The second-order valence-electron chi connectivity index (χ2n) is 8.22. The van der Waals surface area contributed by atoms with E-state index >= 15 is 0 Å². The van der Waals surface area contributed by atoms with Crippen LogP contribution in [-0.2, 0) is 23.0 Å². The lowest BCUT2D eigenvalue weighted by Crippen LogP contribution is -2.50. The van der Waals surface area contributed by atoms with E-state index in [0.717, 1.165) is 12.2 Å². The Labute approximate surface area is 176 Å². The lowest BCUT2D eigenvalue weighted by atomic mass is 9.95. The third-order valence-electron chi connectivity index (χ3n) is 6.11. The molecule has 0 spiro atoms. The van der Waals surface area contributed by atoms with Gasteiger partial charge in [-0.3, -0.25) is 9.48 Å². The van der Waals surface area contributed by atoms with Crippen LogP contribution < -0.4 is 0 Å². The van der Waals surface area contributed by atoms with Gasteiger partial charge in [0.25, 0.3) is 5.91 Å². The average molecular weight is 437 g/mol. The van der Waals surface area contributed by atoms with Crippen molar-refractivity contribution >= 4 is 15.9 Å². The Morgan fingerprint density at radius 1 is 1.27 bits per heavy atom. The minimum atomic E-state index is -3.14. The molecule has 2 saturated heterocycles. The molecule has 30 heavy (non-hydrogen) atoms. The fourth-order valence-electron chi connectivity index (χ4n) is 4.22. The van der Waals surface area contributed by atoms with Crippen LogP contribution in [0.15, 0.2) is 10.7 Å². The quantitative estimate of drug-likeness (QED) is 0.665. The number of aryl methyl sites for hydroxylation is 1. The lowest BCUT2D eigenvalue weighted by molar-refractivity contribution is 0.0486. The lowest BCUT2D eigenvalue weighted by Gasteiger charge is -2.38. The highest BCUT2D eigenvalue weighted by molar-refractivity contribution is 7.88. The summed E-state index contributed by atoms with van der Waals surface area (Å²) in [6.07, 6.45) is 4.93. The number of hydrogen-bond donors (Lipinski definition) is 0. The van der Waals surface area contributed by atoms with Crippen molar-refractivity contribution in [2.75, 3.05) is 32.4 Å². The molecule has 11 heteroatoms. The molecule has 0 atom stereocenters. The number of rotatable bonds is 6. The molecule has 2 aromatic heterocycles. The van der Waals surface area contributed by atoms with Gasteiger partial charge in [-0.15, -0.1) is 0 Å². The Bertz CT molecular complexity index is 1020. The van der Waals surface area contributed by atoms with Crippen LogP contribution in [0.3, 0.4) is 0 Å². The van der Waals surface area contributed by atoms with Crippen LogP contribution in [0.5, 0.6) is 0 Å². The second-order valence-corrected chi connectivity index (χ2v) is 10.2. The molecule has 164 valence electrons. The summed E-state index contributed by atoms with van der Waals surface area (Å²) >= 11 is 0. The van der Waals surface area contributed by atoms with E-state index in [1.165, 1.54) is 10.6 Å². The number of piperidine rings is 1. The van der Waals surface area contributed by atoms with Crippen LogP contribution in [0, 0.1) is 12.8 Å². The maximum absolute atomic E-state index is 12.7. The minimum absolute atomic E-state index is 0.0207. The molecule has 2 fully saturated rings. The number of hydrogen-bond acceptors (Lipinski definition) is 7. The summed E-state index contributed by atoms with van der Waals surface area (Å²) in [6, 6.07) is 0. The van der Waals surface area contributed by atoms with E-state index in [9.17, 15) is 13.2 Å². The number of carbonyl (C=O) groups is 1. The molecule has 2 aliphatic heterocycles. The van der Waals surface area contributed by atoms with Crippen molar-refractivity contribution in [3.8, 4) is 0 Å². The smallest absolute Gasteiger partial charge is 0.257 e. The minimum Gasteiger partial charge on any atom is -0.339 e. The maximum Gasteiger partial charge on any atom is 0.257 e. The summed E-state index contributed by atoms with van der Waals surface area (Å²) in [4.78, 5) is 19.0. The molecule has 10 nitrogen and oxygen atoms in total. The maximum atomic E-state index is 12.7. The summed E-state index contributed by atoms with van der Waals surface area (Å²) in [6.45, 7) is 6.97. The first-order chi connectivity index (χ1) is 14.3. The standard InChI is InChI=1S/C19H28N6O4S/c1-4-25-13(2)16(10-20-25)19(26)23-11-14(12-23)9-17-21-18(22-29-17)15-5-7-24(8-6-15)30(3,27)28/h10,14-15H,4-9,11-12H2,1-3H3. The predicted molar refractivity (Wildman–Crippen MR) is 108 cm³/mol. The third kappa shape index (κ3) is 4.13. The monoisotopic (exact) mass is 436 g/mol. The van der Waals surface area contributed by atoms with Crippen molar-refractivity contribution < 1.29 is 17.7 Å². The Morgan fingerprint density at radius 3 is 2.57 bits per heavy atom. The number of carbonyl (C=O) groups excluding carboxylic acids is 1. The van der Waals surface area contributed by atoms with E-state index in [1.807, 2.05) is 23.4 Å². The molecule has 0 aliphatic carbocycles. The number of nitrogens with zero attached hydrogens (tertiary/aromatic N) is 6. The molecule has 2 aliphatic rings. The van der Waals surface area contributed by atoms with Gasteiger partial charge in [-0.2, -0.15) is 10.1 Å². The second kappa shape index (κ2) is 8.10. The fraction of sp³-hybridized carbons (Fsp3) is 0.684. The zero-order valence-corrected chi connectivity index (χ0v) is 18.4. The molecule has 0 radical (unpaired) electrons. The van der Waals surface area contributed by atoms with E-state index in [-0.39, 0.29) is 11.8 Å². The summed E-state index contributed by atoms with van der Waals surface area (Å²) in [7, 11) is -3.14. The highest BCUT2D eigenvalue weighted by atomic mass is 32.2. The zero-order valence-electron chi connectivity index (χ0n) is 17.6. The number of aromatic nitrogens is 4. The predicted octanol–water partition coefficient (Wildman–Crippen LogP) is 1.05. The van der Waals surface area contributed by atoms with E-state index in [0.29, 0.717) is 68.6 Å². The van der Waals surface area contributed by atoms with Crippen LogP contribution >= 0.6 is 0 Å². The molecule has 1 amide bonds. The first-order valence-electron chi connectivity index (χ1n) is 10.4. The van der Waals surface area contributed by atoms with Gasteiger partial charge < -0.3 is 9.42 Å². The van der Waals surface area contributed by atoms with Crippen LogP contribution in [0.25, 0.3) is 0 Å². The number of amides is 1. The Hall–Kier alpha value is -2.27. The van der Waals surface area contributed by atoms with Gasteiger partial charge in [-0.25, -0.2) is 12.7 Å². The van der Waals surface area contributed by atoms with Gasteiger partial charge in [-0.05, 0) is 26.7 Å². The molecule has 4 rings (SSSR count). The topological polar surface area (TPSA) is 114 Å². The van der Waals surface area contributed by atoms with Crippen molar-refractivity contribution in [1.82, 2.24) is 29.1 Å². The van der Waals surface area contributed by atoms with Crippen molar-refractivity contribution in [3.63, 3.8) is 0 Å². The highest BCUT2D eigenvalue weighted by Gasteiger charge is 2.34. The molecule has 0 N–H and O–H groups in total. The summed E-state index contributed by atoms with van der Waals surface area (Å²) in [5, 5.41) is 8.37. The van der Waals surface area contributed by atoms with Crippen LogP contribution in [0.2, 0.25) is 0 Å². The van der Waals surface area contributed by atoms with Crippen molar-refractivity contribution in [1.29, 1.82) is 0 Å². The molecule has 2 aromatic rings. The molecular weight excluding hydrogens is 408 g/mol. The van der Waals surface area contributed by atoms with Gasteiger partial charge in [0.1, 0.15) is 0 Å². The van der Waals surface area contributed by atoms with E-state index in [2.05, 4.69) is 15.2 Å². The molecule has 0 saturated carbocycles. The number of sulfonamides is 1. The SMILES string of the molecule is CCn1ncc(C(=O)N2CC(Cc3nc(C4CCN(S(C)(=O)=O)CC4)no3)C2)c1C. The van der Waals surface area contributed by atoms with Crippen LogP contribution in [-0.4, -0.2) is 75.9 Å². The van der Waals surface area contributed by atoms with Crippen molar-refractivity contribution in [2.45, 2.75) is 45.6 Å². The summed E-state index contributed by atoms with van der Waals surface area (Å²) in [5.74, 6) is 1.69. The normalized spacial score (nSPS) is 19.2. The molecular formula is C19H28N6O4S. The van der Waals surface area contributed by atoms with Gasteiger partial charge in [0.05, 0.1) is 18.0 Å². The molecule has 4 heterocycles. The van der Waals surface area contributed by atoms with E-state index in [1.54, 1.807) is 6.20 Å². The van der Waals surface area contributed by atoms with Crippen LogP contribution in [0.4, 0.5) is 0 Å². The first kappa shape index (κ1) is 21.0.